The maximum Gasteiger partial charge on any atom is 0.421 e. The maximum absolute atomic E-state index is 13.6. The minimum Gasteiger partial charge on any atom is -0.497 e. The highest BCUT2D eigenvalue weighted by Gasteiger charge is 2.35. The minimum absolute atomic E-state index is 0.0268. The Bertz CT molecular complexity index is 1030. The van der Waals surface area contributed by atoms with Gasteiger partial charge in [-0.25, -0.2) is 4.98 Å². The van der Waals surface area contributed by atoms with Crippen LogP contribution in [-0.2, 0) is 6.18 Å². The summed E-state index contributed by atoms with van der Waals surface area (Å²) in [5.74, 6) is 0.909. The Morgan fingerprint density at radius 1 is 0.909 bits per heavy atom. The van der Waals surface area contributed by atoms with Crippen molar-refractivity contribution in [1.29, 1.82) is 0 Å². The van der Waals surface area contributed by atoms with Gasteiger partial charge in [-0.3, -0.25) is 0 Å². The number of anilines is 4. The largest absolute Gasteiger partial charge is 0.497 e. The smallest absolute Gasteiger partial charge is 0.421 e. The molecule has 3 rings (SSSR count). The number of halogens is 3. The van der Waals surface area contributed by atoms with E-state index >= 15 is 0 Å². The van der Waals surface area contributed by atoms with E-state index in [0.717, 1.165) is 31.9 Å². The lowest BCUT2D eigenvalue weighted by atomic mass is 10.2. The number of hydrogen-bond donors (Lipinski definition) is 2. The molecule has 1 aromatic heterocycles. The fourth-order valence-corrected chi connectivity index (χ4v) is 3.07. The molecule has 0 atom stereocenters. The lowest BCUT2D eigenvalue weighted by molar-refractivity contribution is -0.137. The lowest BCUT2D eigenvalue weighted by Gasteiger charge is -2.15. The predicted octanol–water partition coefficient (Wildman–Crippen LogP) is 6.95. The quantitative estimate of drug-likeness (QED) is 0.302. The number of nitrogens with zero attached hydrogens (tertiary/aromatic N) is 2. The molecule has 0 saturated heterocycles. The summed E-state index contributed by atoms with van der Waals surface area (Å²) in [6.45, 7) is 2.69. The first kappa shape index (κ1) is 24.2. The Hall–Kier alpha value is -3.49. The van der Waals surface area contributed by atoms with Crippen LogP contribution in [0.5, 0.6) is 11.5 Å². The highest BCUT2D eigenvalue weighted by molar-refractivity contribution is 5.64. The van der Waals surface area contributed by atoms with Crippen molar-refractivity contribution in [1.82, 2.24) is 9.97 Å². The average Bonchev–Trinajstić information content (AvgIpc) is 2.79. The van der Waals surface area contributed by atoms with Gasteiger partial charge in [0.15, 0.2) is 0 Å². The third kappa shape index (κ3) is 7.27. The molecule has 0 unspecified atom stereocenters. The van der Waals surface area contributed by atoms with Crippen LogP contribution in [-0.4, -0.2) is 23.7 Å². The van der Waals surface area contributed by atoms with E-state index < -0.39 is 11.7 Å². The van der Waals surface area contributed by atoms with E-state index in [9.17, 15) is 13.2 Å². The summed E-state index contributed by atoms with van der Waals surface area (Å²) in [5, 5.41) is 5.67. The van der Waals surface area contributed by atoms with Gasteiger partial charge in [-0.2, -0.15) is 18.2 Å². The molecule has 0 radical (unpaired) electrons. The summed E-state index contributed by atoms with van der Waals surface area (Å²) >= 11 is 0. The van der Waals surface area contributed by atoms with Crippen molar-refractivity contribution in [3.05, 3.63) is 60.3 Å². The summed E-state index contributed by atoms with van der Waals surface area (Å²) in [4.78, 5) is 7.90. The van der Waals surface area contributed by atoms with Crippen molar-refractivity contribution in [2.24, 2.45) is 0 Å². The SMILES string of the molecule is CCCCCCOc1cccc(Nc2nc(Nc3ccc(OC)cc3)ncc2C(F)(F)F)c1. The lowest BCUT2D eigenvalue weighted by Crippen LogP contribution is -2.12. The Balaban J connectivity index is 1.77. The van der Waals surface area contributed by atoms with Gasteiger partial charge in [0.05, 0.1) is 13.7 Å². The van der Waals surface area contributed by atoms with Gasteiger partial charge < -0.3 is 20.1 Å². The molecule has 0 bridgehead atoms. The molecule has 0 amide bonds. The van der Waals surface area contributed by atoms with Gasteiger partial charge >= 0.3 is 6.18 Å². The van der Waals surface area contributed by atoms with Crippen LogP contribution < -0.4 is 20.1 Å². The van der Waals surface area contributed by atoms with Crippen LogP contribution in [0.2, 0.25) is 0 Å². The second-order valence-electron chi connectivity index (χ2n) is 7.37. The fourth-order valence-electron chi connectivity index (χ4n) is 3.07. The number of alkyl halides is 3. The molecule has 1 heterocycles. The summed E-state index contributed by atoms with van der Waals surface area (Å²) < 4.78 is 51.5. The summed E-state index contributed by atoms with van der Waals surface area (Å²) in [7, 11) is 1.55. The number of ether oxygens (including phenoxy) is 2. The van der Waals surface area contributed by atoms with E-state index in [1.165, 1.54) is 0 Å². The van der Waals surface area contributed by atoms with E-state index in [-0.39, 0.29) is 11.8 Å². The Morgan fingerprint density at radius 3 is 2.39 bits per heavy atom. The van der Waals surface area contributed by atoms with E-state index in [4.69, 9.17) is 9.47 Å². The van der Waals surface area contributed by atoms with E-state index in [2.05, 4.69) is 27.5 Å². The number of aromatic nitrogens is 2. The molecule has 9 heteroatoms. The molecule has 0 aliphatic rings. The fraction of sp³-hybridized carbons (Fsp3) is 0.333. The number of unbranched alkanes of at least 4 members (excludes halogenated alkanes) is 3. The highest BCUT2D eigenvalue weighted by atomic mass is 19.4. The van der Waals surface area contributed by atoms with Crippen LogP contribution in [0.3, 0.4) is 0 Å². The van der Waals surface area contributed by atoms with Crippen LogP contribution in [0.25, 0.3) is 0 Å². The Kier molecular flexibility index (Phi) is 8.34. The molecule has 0 aliphatic heterocycles. The highest BCUT2D eigenvalue weighted by Crippen LogP contribution is 2.35. The number of rotatable bonds is 11. The Morgan fingerprint density at radius 2 is 1.70 bits per heavy atom. The first-order valence-electron chi connectivity index (χ1n) is 10.7. The monoisotopic (exact) mass is 460 g/mol. The van der Waals surface area contributed by atoms with Gasteiger partial charge in [0, 0.05) is 23.6 Å². The second-order valence-corrected chi connectivity index (χ2v) is 7.37. The van der Waals surface area contributed by atoms with Gasteiger partial charge in [0.2, 0.25) is 5.95 Å². The zero-order valence-corrected chi connectivity index (χ0v) is 18.6. The van der Waals surface area contributed by atoms with Crippen molar-refractivity contribution in [3.63, 3.8) is 0 Å². The third-order valence-electron chi connectivity index (χ3n) is 4.80. The number of nitrogens with one attached hydrogen (secondary N) is 2. The van der Waals surface area contributed by atoms with Crippen LogP contribution in [0.4, 0.5) is 36.3 Å². The molecule has 2 N–H and O–H groups in total. The first-order valence-corrected chi connectivity index (χ1v) is 10.7. The molecule has 2 aromatic carbocycles. The van der Waals surface area contributed by atoms with Crippen molar-refractivity contribution < 1.29 is 22.6 Å². The summed E-state index contributed by atoms with van der Waals surface area (Å²) in [5.41, 5.74) is 0.0781. The molecule has 0 fully saturated rings. The van der Waals surface area contributed by atoms with Crippen molar-refractivity contribution >= 4 is 23.1 Å². The average molecular weight is 461 g/mol. The standard InChI is InChI=1S/C24H27F3N4O2/c1-3-4-5-6-14-33-20-9-7-8-18(15-20)29-22-21(24(25,26)27)16-28-23(31-22)30-17-10-12-19(32-2)13-11-17/h7-13,15-16H,3-6,14H2,1-2H3,(H2,28,29,30,31). The molecule has 33 heavy (non-hydrogen) atoms. The first-order chi connectivity index (χ1) is 15.9. The van der Waals surface area contributed by atoms with E-state index in [1.807, 2.05) is 0 Å². The van der Waals surface area contributed by atoms with Crippen LogP contribution in [0.15, 0.2) is 54.7 Å². The van der Waals surface area contributed by atoms with Gasteiger partial charge in [-0.05, 0) is 42.8 Å². The molecule has 0 spiro atoms. The third-order valence-corrected chi connectivity index (χ3v) is 4.80. The van der Waals surface area contributed by atoms with Crippen LogP contribution >= 0.6 is 0 Å². The number of benzene rings is 2. The molecular formula is C24H27F3N4O2. The van der Waals surface area contributed by atoms with Crippen LogP contribution in [0, 0.1) is 0 Å². The van der Waals surface area contributed by atoms with Gasteiger partial charge in [-0.1, -0.05) is 32.3 Å². The van der Waals surface area contributed by atoms with Crippen molar-refractivity contribution in [2.45, 2.75) is 38.8 Å². The maximum atomic E-state index is 13.6. The number of hydrogen-bond acceptors (Lipinski definition) is 6. The van der Waals surface area contributed by atoms with Gasteiger partial charge in [0.25, 0.3) is 0 Å². The minimum atomic E-state index is -4.62. The van der Waals surface area contributed by atoms with Crippen LogP contribution in [0.1, 0.15) is 38.2 Å². The van der Waals surface area contributed by atoms with Crippen molar-refractivity contribution in [3.8, 4) is 11.5 Å². The molecule has 6 nitrogen and oxygen atoms in total. The van der Waals surface area contributed by atoms with Crippen molar-refractivity contribution in [2.75, 3.05) is 24.4 Å². The molecule has 0 saturated carbocycles. The summed E-state index contributed by atoms with van der Waals surface area (Å²) in [6, 6.07) is 13.7. The second kappa shape index (κ2) is 11.4. The Labute approximate surface area is 191 Å². The zero-order chi connectivity index (χ0) is 23.7. The summed E-state index contributed by atoms with van der Waals surface area (Å²) in [6.07, 6.45) is 0.426. The molecular weight excluding hydrogens is 433 g/mol. The van der Waals surface area contributed by atoms with E-state index in [1.54, 1.807) is 55.6 Å². The predicted molar refractivity (Wildman–Crippen MR) is 123 cm³/mol. The molecule has 176 valence electrons. The zero-order valence-electron chi connectivity index (χ0n) is 18.6. The van der Waals surface area contributed by atoms with Gasteiger partial charge in [-0.15, -0.1) is 0 Å². The molecule has 0 aliphatic carbocycles. The number of methoxy groups -OCH3 is 1. The van der Waals surface area contributed by atoms with E-state index in [0.29, 0.717) is 29.5 Å². The normalized spacial score (nSPS) is 11.2. The molecule has 3 aromatic rings. The van der Waals surface area contributed by atoms with Gasteiger partial charge in [0.1, 0.15) is 22.9 Å². The topological polar surface area (TPSA) is 68.3 Å².